The summed E-state index contributed by atoms with van der Waals surface area (Å²) >= 11 is 6.65. The van der Waals surface area contributed by atoms with E-state index < -0.39 is 0 Å². The van der Waals surface area contributed by atoms with E-state index in [0.29, 0.717) is 15.6 Å². The Kier molecular flexibility index (Phi) is 4.50. The number of nitrogens with zero attached hydrogens (tertiary/aromatic N) is 3. The molecule has 1 heterocycles. The van der Waals surface area contributed by atoms with Crippen LogP contribution in [0.25, 0.3) is 11.4 Å². The zero-order valence-electron chi connectivity index (χ0n) is 9.83. The predicted molar refractivity (Wildman–Crippen MR) is 76.0 cm³/mol. The summed E-state index contributed by atoms with van der Waals surface area (Å²) < 4.78 is 16.0. The molecule has 0 N–H and O–H groups in total. The van der Waals surface area contributed by atoms with Crippen molar-refractivity contribution in [3.63, 3.8) is 0 Å². The maximum Gasteiger partial charge on any atom is 0.165 e. The molecule has 0 fully saturated rings. The van der Waals surface area contributed by atoms with Crippen LogP contribution in [0.1, 0.15) is 19.2 Å². The van der Waals surface area contributed by atoms with Crippen LogP contribution in [0.4, 0.5) is 4.39 Å². The number of halogens is 3. The van der Waals surface area contributed by atoms with Gasteiger partial charge in [0.2, 0.25) is 0 Å². The Balaban J connectivity index is 2.56. The molecule has 6 heteroatoms. The molecule has 0 aliphatic heterocycles. The molecule has 0 aliphatic carbocycles. The summed E-state index contributed by atoms with van der Waals surface area (Å²) in [5.41, 5.74) is 0.725. The third-order valence-electron chi connectivity index (χ3n) is 2.59. The first-order valence-corrected chi connectivity index (χ1v) is 7.53. The van der Waals surface area contributed by atoms with Gasteiger partial charge in [-0.2, -0.15) is 0 Å². The molecule has 18 heavy (non-hydrogen) atoms. The molecule has 0 saturated heterocycles. The highest BCUT2D eigenvalue weighted by molar-refractivity contribution is 9.10. The third-order valence-corrected chi connectivity index (χ3v) is 3.89. The number of rotatable bonds is 4. The van der Waals surface area contributed by atoms with Crippen LogP contribution in [0.3, 0.4) is 0 Å². The Morgan fingerprint density at radius 2 is 2.11 bits per heavy atom. The smallest absolute Gasteiger partial charge is 0.165 e. The molecule has 0 unspecified atom stereocenters. The van der Waals surface area contributed by atoms with E-state index in [1.165, 1.54) is 6.07 Å². The van der Waals surface area contributed by atoms with Gasteiger partial charge in [-0.3, -0.25) is 0 Å². The fraction of sp³-hybridized carbons (Fsp3) is 0.333. The van der Waals surface area contributed by atoms with Crippen molar-refractivity contribution in [2.45, 2.75) is 25.2 Å². The molecule has 1 aromatic carbocycles. The lowest BCUT2D eigenvalue weighted by Crippen LogP contribution is -2.04. The maximum absolute atomic E-state index is 13.6. The van der Waals surface area contributed by atoms with Crippen LogP contribution in [-0.2, 0) is 11.9 Å². The second-order valence-corrected chi connectivity index (χ2v) is 5.18. The van der Waals surface area contributed by atoms with Crippen molar-refractivity contribution >= 4 is 31.9 Å². The van der Waals surface area contributed by atoms with Gasteiger partial charge >= 0.3 is 0 Å². The van der Waals surface area contributed by atoms with Gasteiger partial charge in [-0.1, -0.05) is 28.9 Å². The highest BCUT2D eigenvalue weighted by Crippen LogP contribution is 2.29. The average Bonchev–Trinajstić information content (AvgIpc) is 2.76. The minimum absolute atomic E-state index is 0.293. The lowest BCUT2D eigenvalue weighted by Gasteiger charge is -2.09. The first-order chi connectivity index (χ1) is 8.69. The van der Waals surface area contributed by atoms with Gasteiger partial charge in [0.05, 0.1) is 9.80 Å². The lowest BCUT2D eigenvalue weighted by atomic mass is 10.2. The van der Waals surface area contributed by atoms with E-state index in [2.05, 4.69) is 49.0 Å². The Hall–Kier alpha value is -0.750. The minimum atomic E-state index is -0.293. The quantitative estimate of drug-likeness (QED) is 0.750. The first kappa shape index (κ1) is 13.7. The molecule has 0 saturated carbocycles. The highest BCUT2D eigenvalue weighted by atomic mass is 79.9. The van der Waals surface area contributed by atoms with Crippen LogP contribution < -0.4 is 0 Å². The van der Waals surface area contributed by atoms with Gasteiger partial charge in [0.25, 0.3) is 0 Å². The van der Waals surface area contributed by atoms with E-state index in [9.17, 15) is 4.39 Å². The molecule has 96 valence electrons. The van der Waals surface area contributed by atoms with Crippen molar-refractivity contribution in [2.75, 3.05) is 0 Å². The zero-order chi connectivity index (χ0) is 13.1. The lowest BCUT2D eigenvalue weighted by molar-refractivity contribution is 0.620. The topological polar surface area (TPSA) is 30.7 Å². The van der Waals surface area contributed by atoms with Crippen molar-refractivity contribution in [3.8, 4) is 11.4 Å². The second-order valence-electron chi connectivity index (χ2n) is 3.83. The summed E-state index contributed by atoms with van der Waals surface area (Å²) in [5.74, 6) is 1.25. The zero-order valence-corrected chi connectivity index (χ0v) is 13.0. The Morgan fingerprint density at radius 1 is 1.33 bits per heavy atom. The fourth-order valence-corrected chi connectivity index (χ4v) is 2.62. The van der Waals surface area contributed by atoms with Gasteiger partial charge in [-0.05, 0) is 34.5 Å². The highest BCUT2D eigenvalue weighted by Gasteiger charge is 2.16. The Bertz CT molecular complexity index is 554. The van der Waals surface area contributed by atoms with Crippen LogP contribution >= 0.6 is 31.9 Å². The Morgan fingerprint density at radius 3 is 2.78 bits per heavy atom. The second kappa shape index (κ2) is 5.93. The predicted octanol–water partition coefficient (Wildman–Crippen LogP) is 4.15. The monoisotopic (exact) mass is 375 g/mol. The van der Waals surface area contributed by atoms with E-state index in [0.717, 1.165) is 24.4 Å². The fourth-order valence-electron chi connectivity index (χ4n) is 1.77. The maximum atomic E-state index is 13.6. The van der Waals surface area contributed by atoms with Gasteiger partial charge in [0, 0.05) is 12.1 Å². The van der Waals surface area contributed by atoms with Gasteiger partial charge in [-0.15, -0.1) is 10.2 Å². The molecular formula is C12H12Br2FN3. The third kappa shape index (κ3) is 2.49. The summed E-state index contributed by atoms with van der Waals surface area (Å²) in [6.07, 6.45) is 0.970. The summed E-state index contributed by atoms with van der Waals surface area (Å²) in [6.45, 7) is 2.90. The van der Waals surface area contributed by atoms with Gasteiger partial charge in [0.1, 0.15) is 11.6 Å². The first-order valence-electron chi connectivity index (χ1n) is 5.61. The molecule has 0 spiro atoms. The van der Waals surface area contributed by atoms with E-state index >= 15 is 0 Å². The van der Waals surface area contributed by atoms with E-state index in [1.807, 2.05) is 10.6 Å². The average molecular weight is 377 g/mol. The molecular weight excluding hydrogens is 365 g/mol. The standard InChI is InChI=1S/C12H12Br2FN3/c1-2-6-18-10(7-13)16-17-12(18)8-4-3-5-9(15)11(8)14/h3-5H,2,6-7H2,1H3. The van der Waals surface area contributed by atoms with E-state index in [1.54, 1.807) is 6.07 Å². The van der Waals surface area contributed by atoms with Gasteiger partial charge in [-0.25, -0.2) is 4.39 Å². The molecule has 2 rings (SSSR count). The normalized spacial score (nSPS) is 10.9. The van der Waals surface area contributed by atoms with Crippen molar-refractivity contribution in [1.29, 1.82) is 0 Å². The molecule has 0 aliphatic rings. The summed E-state index contributed by atoms with van der Waals surface area (Å²) in [6, 6.07) is 4.93. The van der Waals surface area contributed by atoms with E-state index in [-0.39, 0.29) is 5.82 Å². The van der Waals surface area contributed by atoms with Crippen molar-refractivity contribution in [3.05, 3.63) is 34.3 Å². The van der Waals surface area contributed by atoms with Crippen molar-refractivity contribution in [2.24, 2.45) is 0 Å². The molecule has 0 atom stereocenters. The van der Waals surface area contributed by atoms with Crippen LogP contribution in [0, 0.1) is 5.82 Å². The van der Waals surface area contributed by atoms with Crippen LogP contribution in [0.2, 0.25) is 0 Å². The molecule has 0 amide bonds. The number of benzene rings is 1. The number of aromatic nitrogens is 3. The largest absolute Gasteiger partial charge is 0.310 e. The molecule has 0 bridgehead atoms. The van der Waals surface area contributed by atoms with Gasteiger partial charge in [0.15, 0.2) is 5.82 Å². The van der Waals surface area contributed by atoms with E-state index in [4.69, 9.17) is 0 Å². The van der Waals surface area contributed by atoms with Crippen LogP contribution in [0.5, 0.6) is 0 Å². The molecule has 0 radical (unpaired) electrons. The van der Waals surface area contributed by atoms with Crippen LogP contribution in [-0.4, -0.2) is 14.8 Å². The Labute approximate surface area is 122 Å². The molecule has 2 aromatic rings. The minimum Gasteiger partial charge on any atom is -0.310 e. The van der Waals surface area contributed by atoms with Gasteiger partial charge < -0.3 is 4.57 Å². The molecule has 3 nitrogen and oxygen atoms in total. The van der Waals surface area contributed by atoms with Crippen molar-refractivity contribution in [1.82, 2.24) is 14.8 Å². The summed E-state index contributed by atoms with van der Waals surface area (Å²) in [5, 5.41) is 8.92. The summed E-state index contributed by atoms with van der Waals surface area (Å²) in [7, 11) is 0. The van der Waals surface area contributed by atoms with Crippen molar-refractivity contribution < 1.29 is 4.39 Å². The summed E-state index contributed by atoms with van der Waals surface area (Å²) in [4.78, 5) is 0. The number of hydrogen-bond donors (Lipinski definition) is 0. The number of hydrogen-bond acceptors (Lipinski definition) is 2. The molecule has 1 aromatic heterocycles. The number of alkyl halides is 1. The SMILES string of the molecule is CCCn1c(CBr)nnc1-c1cccc(F)c1Br. The van der Waals surface area contributed by atoms with Crippen LogP contribution in [0.15, 0.2) is 22.7 Å².